The number of oxazole rings is 1. The van der Waals surface area contributed by atoms with Crippen molar-refractivity contribution in [1.82, 2.24) is 9.97 Å². The van der Waals surface area contributed by atoms with Crippen molar-refractivity contribution in [1.29, 1.82) is 0 Å². The zero-order chi connectivity index (χ0) is 16.9. The van der Waals surface area contributed by atoms with E-state index < -0.39 is 17.7 Å². The number of ether oxygens (including phenoxy) is 1. The van der Waals surface area contributed by atoms with Gasteiger partial charge in [-0.1, -0.05) is 11.6 Å². The van der Waals surface area contributed by atoms with E-state index in [9.17, 15) is 5.11 Å². The lowest BCUT2D eigenvalue weighted by molar-refractivity contribution is -0.0537. The number of hydrogen-bond acceptors (Lipinski definition) is 6. The number of rotatable bonds is 2. The molecule has 0 bridgehead atoms. The Bertz CT molecular complexity index is 909. The van der Waals surface area contributed by atoms with E-state index in [4.69, 9.17) is 20.8 Å². The van der Waals surface area contributed by atoms with Gasteiger partial charge in [-0.15, -0.1) is 0 Å². The fourth-order valence-corrected chi connectivity index (χ4v) is 3.05. The van der Waals surface area contributed by atoms with Crippen LogP contribution in [0.4, 0.5) is 6.01 Å². The van der Waals surface area contributed by atoms with E-state index in [1.807, 2.05) is 13.8 Å². The number of aliphatic hydroxyl groups is 1. The maximum atomic E-state index is 10.7. The van der Waals surface area contributed by atoms with Crippen molar-refractivity contribution in [3.63, 3.8) is 0 Å². The minimum atomic E-state index is -0.812. The molecular weight excluding hydrogens is 330 g/mol. The summed E-state index contributed by atoms with van der Waals surface area (Å²) in [4.78, 5) is 8.52. The van der Waals surface area contributed by atoms with Crippen LogP contribution in [0, 0.1) is 0 Å². The van der Waals surface area contributed by atoms with Gasteiger partial charge in [-0.2, -0.15) is 4.98 Å². The van der Waals surface area contributed by atoms with E-state index in [0.717, 1.165) is 5.56 Å². The second kappa shape index (κ2) is 5.36. The van der Waals surface area contributed by atoms with Gasteiger partial charge in [0.1, 0.15) is 23.0 Å². The van der Waals surface area contributed by atoms with Gasteiger partial charge in [-0.05, 0) is 38.1 Å². The number of aliphatic hydroxyl groups excluding tert-OH is 1. The molecule has 124 valence electrons. The van der Waals surface area contributed by atoms with Crippen LogP contribution in [0.15, 0.2) is 41.1 Å². The molecule has 2 N–H and O–H groups in total. The molecule has 1 aliphatic heterocycles. The summed E-state index contributed by atoms with van der Waals surface area (Å²) in [7, 11) is 0. The van der Waals surface area contributed by atoms with Crippen molar-refractivity contribution in [3.8, 4) is 5.75 Å². The highest BCUT2D eigenvalue weighted by molar-refractivity contribution is 6.31. The van der Waals surface area contributed by atoms with Crippen LogP contribution in [-0.2, 0) is 0 Å². The average Bonchev–Trinajstić information content (AvgIpc) is 2.93. The Morgan fingerprint density at radius 3 is 2.96 bits per heavy atom. The highest BCUT2D eigenvalue weighted by atomic mass is 35.5. The Morgan fingerprint density at radius 1 is 1.29 bits per heavy atom. The predicted octanol–water partition coefficient (Wildman–Crippen LogP) is 3.56. The number of nitrogens with one attached hydrogen (secondary N) is 1. The number of pyridine rings is 1. The van der Waals surface area contributed by atoms with Crippen LogP contribution in [-0.4, -0.2) is 26.8 Å². The molecule has 1 aromatic carbocycles. The zero-order valence-corrected chi connectivity index (χ0v) is 13.9. The van der Waals surface area contributed by atoms with E-state index in [0.29, 0.717) is 27.9 Å². The summed E-state index contributed by atoms with van der Waals surface area (Å²) in [6.07, 6.45) is 2.52. The molecule has 0 spiro atoms. The predicted molar refractivity (Wildman–Crippen MR) is 90.3 cm³/mol. The van der Waals surface area contributed by atoms with Gasteiger partial charge in [0.25, 0.3) is 6.01 Å². The molecule has 0 aliphatic carbocycles. The van der Waals surface area contributed by atoms with Crippen LogP contribution in [0.3, 0.4) is 0 Å². The third-order valence-electron chi connectivity index (χ3n) is 4.17. The molecule has 0 saturated carbocycles. The summed E-state index contributed by atoms with van der Waals surface area (Å²) in [6.45, 7) is 3.67. The van der Waals surface area contributed by atoms with Crippen LogP contribution in [0.2, 0.25) is 5.02 Å². The number of anilines is 1. The molecule has 1 aliphatic rings. The van der Waals surface area contributed by atoms with Crippen LogP contribution < -0.4 is 10.1 Å². The number of fused-ring (bicyclic) bond motifs is 2. The number of halogens is 1. The third-order valence-corrected chi connectivity index (χ3v) is 4.41. The van der Waals surface area contributed by atoms with Gasteiger partial charge >= 0.3 is 0 Å². The first-order chi connectivity index (χ1) is 11.4. The van der Waals surface area contributed by atoms with Crippen molar-refractivity contribution >= 4 is 28.7 Å². The van der Waals surface area contributed by atoms with Crippen LogP contribution in [0.25, 0.3) is 11.1 Å². The standard InChI is InChI=1S/C17H16ClN3O3/c1-17(2)15(22)14(10-8-19-6-5-12(10)24-17)21-16-20-11-7-9(18)3-4-13(11)23-16/h3-8,14-15,22H,1-2H3,(H,20,21)/t14-,15+/m1/s1. The average molecular weight is 346 g/mol. The molecule has 6 nitrogen and oxygen atoms in total. The lowest BCUT2D eigenvalue weighted by Gasteiger charge is -2.41. The van der Waals surface area contributed by atoms with Gasteiger partial charge in [0.2, 0.25) is 0 Å². The summed E-state index contributed by atoms with van der Waals surface area (Å²) >= 11 is 5.98. The lowest BCUT2D eigenvalue weighted by Crippen LogP contribution is -2.50. The van der Waals surface area contributed by atoms with Crippen LogP contribution in [0.5, 0.6) is 5.75 Å². The number of hydrogen-bond donors (Lipinski definition) is 2. The van der Waals surface area contributed by atoms with E-state index in [2.05, 4.69) is 15.3 Å². The van der Waals surface area contributed by atoms with Gasteiger partial charge in [-0.25, -0.2) is 0 Å². The molecule has 0 fully saturated rings. The summed E-state index contributed by atoms with van der Waals surface area (Å²) in [6, 6.07) is 6.86. The number of aromatic nitrogens is 2. The van der Waals surface area contributed by atoms with Gasteiger partial charge in [-0.3, -0.25) is 4.98 Å². The quantitative estimate of drug-likeness (QED) is 0.739. The van der Waals surface area contributed by atoms with Gasteiger partial charge in [0.15, 0.2) is 5.58 Å². The molecule has 3 heterocycles. The highest BCUT2D eigenvalue weighted by Crippen LogP contribution is 2.41. The molecule has 0 radical (unpaired) electrons. The highest BCUT2D eigenvalue weighted by Gasteiger charge is 2.43. The molecule has 2 aromatic heterocycles. The molecule has 3 aromatic rings. The monoisotopic (exact) mass is 345 g/mol. The van der Waals surface area contributed by atoms with Crippen LogP contribution in [0.1, 0.15) is 25.5 Å². The molecule has 2 atom stereocenters. The molecule has 0 amide bonds. The smallest absolute Gasteiger partial charge is 0.296 e. The maximum Gasteiger partial charge on any atom is 0.296 e. The van der Waals surface area contributed by atoms with Gasteiger partial charge in [0.05, 0.1) is 6.04 Å². The summed E-state index contributed by atoms with van der Waals surface area (Å²) < 4.78 is 11.6. The second-order valence-corrected chi connectivity index (χ2v) is 6.75. The number of benzene rings is 1. The fourth-order valence-electron chi connectivity index (χ4n) is 2.89. The normalized spacial score (nSPS) is 22.0. The first-order valence-corrected chi connectivity index (χ1v) is 7.95. The molecule has 7 heteroatoms. The molecule has 0 saturated heterocycles. The molecule has 24 heavy (non-hydrogen) atoms. The van der Waals surface area contributed by atoms with Crippen molar-refractivity contribution in [2.45, 2.75) is 31.6 Å². The van der Waals surface area contributed by atoms with Crippen LogP contribution >= 0.6 is 11.6 Å². The minimum Gasteiger partial charge on any atom is -0.485 e. The second-order valence-electron chi connectivity index (χ2n) is 6.32. The van der Waals surface area contributed by atoms with E-state index in [-0.39, 0.29) is 0 Å². The van der Waals surface area contributed by atoms with Gasteiger partial charge in [0, 0.05) is 23.0 Å². The fraction of sp³-hybridized carbons (Fsp3) is 0.294. The first-order valence-electron chi connectivity index (χ1n) is 7.58. The zero-order valence-electron chi connectivity index (χ0n) is 13.2. The Labute approximate surface area is 143 Å². The summed E-state index contributed by atoms with van der Waals surface area (Å²) in [5.41, 5.74) is 1.26. The van der Waals surface area contributed by atoms with Gasteiger partial charge < -0.3 is 19.6 Å². The Morgan fingerprint density at radius 2 is 2.12 bits per heavy atom. The lowest BCUT2D eigenvalue weighted by atomic mass is 9.87. The summed E-state index contributed by atoms with van der Waals surface area (Å²) in [5.74, 6) is 0.678. The first kappa shape index (κ1) is 15.2. The molecule has 0 unspecified atom stereocenters. The Kier molecular flexibility index (Phi) is 3.40. The topological polar surface area (TPSA) is 80.4 Å². The molecule has 4 rings (SSSR count). The van der Waals surface area contributed by atoms with E-state index in [1.165, 1.54) is 0 Å². The van der Waals surface area contributed by atoms with Crippen molar-refractivity contribution in [2.24, 2.45) is 0 Å². The third kappa shape index (κ3) is 2.48. The molecular formula is C17H16ClN3O3. The maximum absolute atomic E-state index is 10.7. The van der Waals surface area contributed by atoms with E-state index >= 15 is 0 Å². The van der Waals surface area contributed by atoms with Crippen molar-refractivity contribution < 1.29 is 14.3 Å². The number of nitrogens with zero attached hydrogens (tertiary/aromatic N) is 2. The largest absolute Gasteiger partial charge is 0.485 e. The summed E-state index contributed by atoms with van der Waals surface area (Å²) in [5, 5.41) is 14.5. The Balaban J connectivity index is 1.73. The Hall–Kier alpha value is -2.31. The van der Waals surface area contributed by atoms with Crippen molar-refractivity contribution in [2.75, 3.05) is 5.32 Å². The SMILES string of the molecule is CC1(C)Oc2ccncc2[C@@H](Nc2nc3cc(Cl)ccc3o2)[C@@H]1O. The van der Waals surface area contributed by atoms with E-state index in [1.54, 1.807) is 36.7 Å². The minimum absolute atomic E-state index is 0.309. The van der Waals surface area contributed by atoms with Crippen molar-refractivity contribution in [3.05, 3.63) is 47.2 Å².